The number of hydrogen-bond donors (Lipinski definition) is 2. The van der Waals surface area contributed by atoms with Gasteiger partial charge in [-0.3, -0.25) is 14.4 Å². The standard InChI is InChI=1S/C25H32ClN5O4SSi/c1-25(2,3)37(5,6)31-18(13-12-16-10-8-7-9-11-16)21(23(31)34)29-22(33)20(30-35-4)17-15-36-24(27-17)28-19(32)14-26/h7-13,15,18,21H,14H2,1-6H3,(H,29,33)(H,27,28,32)/t18-,21+/m0/s1. The molecule has 37 heavy (non-hydrogen) atoms. The number of hydrogen-bond acceptors (Lipinski definition) is 7. The van der Waals surface area contributed by atoms with Gasteiger partial charge in [0.15, 0.2) is 19.1 Å². The van der Waals surface area contributed by atoms with Crippen LogP contribution in [-0.2, 0) is 19.2 Å². The van der Waals surface area contributed by atoms with E-state index >= 15 is 0 Å². The number of aromatic nitrogens is 1. The van der Waals surface area contributed by atoms with Crippen molar-refractivity contribution >= 4 is 65.8 Å². The molecular weight excluding hydrogens is 530 g/mol. The molecule has 1 aliphatic heterocycles. The number of anilines is 1. The second-order valence-corrected chi connectivity index (χ2v) is 16.3. The van der Waals surface area contributed by atoms with Crippen molar-refractivity contribution in [2.75, 3.05) is 18.3 Å². The highest BCUT2D eigenvalue weighted by atomic mass is 35.5. The molecule has 3 rings (SSSR count). The predicted molar refractivity (Wildman–Crippen MR) is 150 cm³/mol. The lowest BCUT2D eigenvalue weighted by atomic mass is 9.97. The molecule has 1 fully saturated rings. The number of thiazole rings is 1. The number of carbonyl (C=O) groups excluding carboxylic acids is 3. The second-order valence-electron chi connectivity index (χ2n) is 10.1. The van der Waals surface area contributed by atoms with Crippen LogP contribution in [0.2, 0.25) is 18.1 Å². The molecule has 1 aliphatic rings. The Labute approximate surface area is 227 Å². The molecule has 3 amide bonds. The van der Waals surface area contributed by atoms with Crippen LogP contribution in [0.15, 0.2) is 46.9 Å². The van der Waals surface area contributed by atoms with E-state index in [-0.39, 0.29) is 39.4 Å². The first kappa shape index (κ1) is 28.5. The van der Waals surface area contributed by atoms with Gasteiger partial charge in [-0.05, 0) is 10.6 Å². The van der Waals surface area contributed by atoms with E-state index < -0.39 is 26.1 Å². The number of alkyl halides is 1. The summed E-state index contributed by atoms with van der Waals surface area (Å²) < 4.78 is 1.95. The summed E-state index contributed by atoms with van der Waals surface area (Å²) in [6.07, 6.45) is 3.94. The number of nitrogens with one attached hydrogen (secondary N) is 2. The third-order valence-electron chi connectivity index (χ3n) is 6.67. The Kier molecular flexibility index (Phi) is 8.93. The molecule has 0 saturated carbocycles. The van der Waals surface area contributed by atoms with Gasteiger partial charge in [0.2, 0.25) is 11.8 Å². The highest BCUT2D eigenvalue weighted by Crippen LogP contribution is 2.43. The van der Waals surface area contributed by atoms with Gasteiger partial charge in [-0.25, -0.2) is 4.98 Å². The van der Waals surface area contributed by atoms with Gasteiger partial charge in [0.05, 0.1) is 6.04 Å². The molecule has 2 heterocycles. The lowest BCUT2D eigenvalue weighted by Crippen LogP contribution is -2.78. The molecule has 12 heteroatoms. The zero-order valence-electron chi connectivity index (χ0n) is 21.7. The van der Waals surface area contributed by atoms with Gasteiger partial charge >= 0.3 is 0 Å². The number of amides is 3. The molecular formula is C25H32ClN5O4SSi. The van der Waals surface area contributed by atoms with Crippen molar-refractivity contribution in [2.24, 2.45) is 5.16 Å². The molecule has 198 valence electrons. The molecule has 0 bridgehead atoms. The van der Waals surface area contributed by atoms with Gasteiger partial charge in [0.1, 0.15) is 24.7 Å². The Morgan fingerprint density at radius 1 is 1.27 bits per heavy atom. The summed E-state index contributed by atoms with van der Waals surface area (Å²) >= 11 is 6.65. The van der Waals surface area contributed by atoms with Gasteiger partial charge in [-0.15, -0.1) is 22.9 Å². The molecule has 1 aromatic heterocycles. The number of nitrogens with zero attached hydrogens (tertiary/aromatic N) is 3. The molecule has 0 radical (unpaired) electrons. The molecule has 0 aliphatic carbocycles. The first-order valence-electron chi connectivity index (χ1n) is 11.7. The van der Waals surface area contributed by atoms with Crippen LogP contribution in [0, 0.1) is 0 Å². The largest absolute Gasteiger partial charge is 0.398 e. The first-order chi connectivity index (χ1) is 17.4. The van der Waals surface area contributed by atoms with Crippen molar-refractivity contribution in [1.29, 1.82) is 0 Å². The van der Waals surface area contributed by atoms with Gasteiger partial charge in [0, 0.05) is 5.38 Å². The van der Waals surface area contributed by atoms with Crippen LogP contribution in [0.3, 0.4) is 0 Å². The van der Waals surface area contributed by atoms with Crippen molar-refractivity contribution in [3.63, 3.8) is 0 Å². The van der Waals surface area contributed by atoms with Crippen LogP contribution >= 0.6 is 22.9 Å². The highest BCUT2D eigenvalue weighted by molar-refractivity contribution is 7.14. The summed E-state index contributed by atoms with van der Waals surface area (Å²) in [5.74, 6) is -1.38. The van der Waals surface area contributed by atoms with E-state index in [1.807, 2.05) is 47.0 Å². The Morgan fingerprint density at radius 2 is 1.95 bits per heavy atom. The van der Waals surface area contributed by atoms with E-state index in [0.29, 0.717) is 0 Å². The van der Waals surface area contributed by atoms with Crippen LogP contribution in [0.4, 0.5) is 5.13 Å². The molecule has 2 atom stereocenters. The summed E-state index contributed by atoms with van der Waals surface area (Å²) in [5.41, 5.74) is 1.10. The number of β-lactam (4-membered cyclic amide) rings is 1. The number of carbonyl (C=O) groups is 3. The molecule has 1 saturated heterocycles. The maximum atomic E-state index is 13.5. The van der Waals surface area contributed by atoms with Crippen LogP contribution in [-0.4, -0.2) is 66.3 Å². The van der Waals surface area contributed by atoms with Crippen LogP contribution < -0.4 is 10.6 Å². The third-order valence-corrected chi connectivity index (χ3v) is 13.1. The minimum atomic E-state index is -2.24. The topological polar surface area (TPSA) is 113 Å². The van der Waals surface area contributed by atoms with Crippen LogP contribution in [0.1, 0.15) is 32.0 Å². The molecule has 0 unspecified atom stereocenters. The number of rotatable bonds is 9. The zero-order chi connectivity index (χ0) is 27.4. The minimum absolute atomic E-state index is 0.0798. The molecule has 0 spiro atoms. The smallest absolute Gasteiger partial charge is 0.276 e. The Morgan fingerprint density at radius 3 is 2.54 bits per heavy atom. The number of halogens is 1. The van der Waals surface area contributed by atoms with Crippen LogP contribution in [0.5, 0.6) is 0 Å². The van der Waals surface area contributed by atoms with E-state index in [0.717, 1.165) is 16.9 Å². The maximum absolute atomic E-state index is 13.5. The van der Waals surface area contributed by atoms with Crippen molar-refractivity contribution in [1.82, 2.24) is 14.9 Å². The van der Waals surface area contributed by atoms with Gasteiger partial charge in [0.25, 0.3) is 5.91 Å². The number of benzene rings is 1. The van der Waals surface area contributed by atoms with Crippen molar-refractivity contribution in [2.45, 2.75) is 51.0 Å². The van der Waals surface area contributed by atoms with Gasteiger partial charge in [-0.2, -0.15) is 0 Å². The SMILES string of the molecule is CON=C(C(=O)N[C@H]1C(=O)N([Si](C)(C)C(C)(C)C)[C@H]1C=Cc1ccccc1)c1csc(NC(=O)CCl)n1. The fraction of sp³-hybridized carbons (Fsp3) is 0.400. The lowest BCUT2D eigenvalue weighted by molar-refractivity contribution is -0.143. The predicted octanol–water partition coefficient (Wildman–Crippen LogP) is 4.09. The normalized spacial score (nSPS) is 18.5. The second kappa shape index (κ2) is 11.6. The average Bonchev–Trinajstić information content (AvgIpc) is 3.30. The Bertz CT molecular complexity index is 1210. The summed E-state index contributed by atoms with van der Waals surface area (Å²) in [5, 5.41) is 11.0. The summed E-state index contributed by atoms with van der Waals surface area (Å²) in [4.78, 5) is 47.5. The molecule has 2 aromatic rings. The summed E-state index contributed by atoms with van der Waals surface area (Å²) in [6.45, 7) is 10.7. The molecule has 9 nitrogen and oxygen atoms in total. The highest BCUT2D eigenvalue weighted by Gasteiger charge is 2.57. The monoisotopic (exact) mass is 561 g/mol. The van der Waals surface area contributed by atoms with Crippen molar-refractivity contribution in [3.05, 3.63) is 53.0 Å². The Hall–Kier alpha value is -3.02. The fourth-order valence-electron chi connectivity index (χ4n) is 3.74. The van der Waals surface area contributed by atoms with E-state index in [2.05, 4.69) is 54.6 Å². The fourth-order valence-corrected chi connectivity index (χ4v) is 6.91. The van der Waals surface area contributed by atoms with E-state index in [1.165, 1.54) is 7.11 Å². The molecule has 1 aromatic carbocycles. The quantitative estimate of drug-likeness (QED) is 0.157. The van der Waals surface area contributed by atoms with E-state index in [1.54, 1.807) is 5.38 Å². The van der Waals surface area contributed by atoms with E-state index in [9.17, 15) is 14.4 Å². The minimum Gasteiger partial charge on any atom is -0.398 e. The van der Waals surface area contributed by atoms with Crippen molar-refractivity contribution < 1.29 is 19.2 Å². The molecule has 2 N–H and O–H groups in total. The van der Waals surface area contributed by atoms with Crippen LogP contribution in [0.25, 0.3) is 6.08 Å². The summed E-state index contributed by atoms with van der Waals surface area (Å²) in [6, 6.07) is 8.70. The average molecular weight is 562 g/mol. The number of oxime groups is 1. The third kappa shape index (κ3) is 6.28. The van der Waals surface area contributed by atoms with Gasteiger partial charge < -0.3 is 20.0 Å². The maximum Gasteiger partial charge on any atom is 0.276 e. The Balaban J connectivity index is 1.87. The first-order valence-corrected chi connectivity index (χ1v) is 16.1. The lowest BCUT2D eigenvalue weighted by Gasteiger charge is -2.57. The van der Waals surface area contributed by atoms with Crippen molar-refractivity contribution in [3.8, 4) is 0 Å². The summed E-state index contributed by atoms with van der Waals surface area (Å²) in [7, 11) is -0.922. The van der Waals surface area contributed by atoms with E-state index in [4.69, 9.17) is 16.4 Å². The van der Waals surface area contributed by atoms with Gasteiger partial charge in [-0.1, -0.05) is 81.5 Å². The zero-order valence-corrected chi connectivity index (χ0v) is 24.3.